The Morgan fingerprint density at radius 3 is 2.80 bits per heavy atom. The molecule has 3 heteroatoms. The molecular weight excluding hydrogens is 188 g/mol. The molecule has 1 aromatic carbocycles. The van der Waals surface area contributed by atoms with Crippen LogP contribution in [0.5, 0.6) is 0 Å². The number of amides is 1. The molecule has 0 bridgehead atoms. The summed E-state index contributed by atoms with van der Waals surface area (Å²) in [5, 5.41) is 6.29. The highest BCUT2D eigenvalue weighted by Crippen LogP contribution is 2.05. The molecule has 1 aliphatic rings. The molecule has 2 N–H and O–H groups in total. The molecule has 0 aromatic heterocycles. The van der Waals surface area contributed by atoms with E-state index >= 15 is 0 Å². The summed E-state index contributed by atoms with van der Waals surface area (Å²) in [5.74, 6) is 0.182. The van der Waals surface area contributed by atoms with E-state index in [1.54, 1.807) is 0 Å². The molecule has 1 fully saturated rings. The lowest BCUT2D eigenvalue weighted by Crippen LogP contribution is -2.35. The SMILES string of the molecule is O=C1CC[C@H](CNCc2ccccc2)N1. The molecule has 1 heterocycles. The van der Waals surface area contributed by atoms with Crippen molar-refractivity contribution in [3.8, 4) is 0 Å². The Morgan fingerprint density at radius 1 is 1.33 bits per heavy atom. The van der Waals surface area contributed by atoms with Crippen LogP contribution in [0.4, 0.5) is 0 Å². The quantitative estimate of drug-likeness (QED) is 0.770. The lowest BCUT2D eigenvalue weighted by atomic mass is 10.2. The minimum absolute atomic E-state index is 0.182. The first-order valence-electron chi connectivity index (χ1n) is 5.38. The minimum Gasteiger partial charge on any atom is -0.352 e. The highest BCUT2D eigenvalue weighted by atomic mass is 16.1. The molecule has 1 atom stereocenters. The van der Waals surface area contributed by atoms with Crippen LogP contribution < -0.4 is 10.6 Å². The number of carbonyl (C=O) groups is 1. The van der Waals surface area contributed by atoms with Crippen molar-refractivity contribution in [2.24, 2.45) is 0 Å². The molecule has 0 saturated carbocycles. The van der Waals surface area contributed by atoms with Crippen LogP contribution in [-0.2, 0) is 11.3 Å². The number of carbonyl (C=O) groups excluding carboxylic acids is 1. The van der Waals surface area contributed by atoms with Gasteiger partial charge in [0.25, 0.3) is 0 Å². The Morgan fingerprint density at radius 2 is 2.13 bits per heavy atom. The Kier molecular flexibility index (Phi) is 3.35. The summed E-state index contributed by atoms with van der Waals surface area (Å²) in [4.78, 5) is 10.9. The van der Waals surface area contributed by atoms with E-state index in [4.69, 9.17) is 0 Å². The molecule has 1 amide bonds. The van der Waals surface area contributed by atoms with Crippen LogP contribution in [0, 0.1) is 0 Å². The monoisotopic (exact) mass is 204 g/mol. The number of nitrogens with one attached hydrogen (secondary N) is 2. The maximum atomic E-state index is 10.9. The second-order valence-electron chi connectivity index (χ2n) is 3.92. The van der Waals surface area contributed by atoms with Gasteiger partial charge in [0.15, 0.2) is 0 Å². The summed E-state index contributed by atoms with van der Waals surface area (Å²) in [6.07, 6.45) is 1.64. The average Bonchev–Trinajstić information content (AvgIpc) is 2.66. The predicted molar refractivity (Wildman–Crippen MR) is 59.3 cm³/mol. The maximum Gasteiger partial charge on any atom is 0.220 e. The Balaban J connectivity index is 1.69. The van der Waals surface area contributed by atoms with Crippen molar-refractivity contribution in [1.82, 2.24) is 10.6 Å². The molecule has 1 aliphatic heterocycles. The van der Waals surface area contributed by atoms with Crippen LogP contribution in [0.1, 0.15) is 18.4 Å². The van der Waals surface area contributed by atoms with Crippen molar-refractivity contribution >= 4 is 5.91 Å². The van der Waals surface area contributed by atoms with Crippen LogP contribution in [-0.4, -0.2) is 18.5 Å². The Hall–Kier alpha value is -1.35. The normalized spacial score (nSPS) is 20.3. The number of rotatable bonds is 4. The molecule has 2 rings (SSSR count). The summed E-state index contributed by atoms with van der Waals surface area (Å²) in [6.45, 7) is 1.73. The third kappa shape index (κ3) is 3.06. The van der Waals surface area contributed by atoms with Gasteiger partial charge in [-0.2, -0.15) is 0 Å². The van der Waals surface area contributed by atoms with Crippen molar-refractivity contribution in [3.05, 3.63) is 35.9 Å². The summed E-state index contributed by atoms with van der Waals surface area (Å²) >= 11 is 0. The summed E-state index contributed by atoms with van der Waals surface area (Å²) < 4.78 is 0. The van der Waals surface area contributed by atoms with E-state index in [9.17, 15) is 4.79 Å². The fourth-order valence-electron chi connectivity index (χ4n) is 1.82. The number of hydrogen-bond acceptors (Lipinski definition) is 2. The van der Waals surface area contributed by atoms with Crippen molar-refractivity contribution in [2.75, 3.05) is 6.54 Å². The van der Waals surface area contributed by atoms with Gasteiger partial charge in [-0.15, -0.1) is 0 Å². The molecule has 1 aromatic rings. The van der Waals surface area contributed by atoms with E-state index in [0.717, 1.165) is 19.5 Å². The van der Waals surface area contributed by atoms with Gasteiger partial charge in [0, 0.05) is 25.6 Å². The van der Waals surface area contributed by atoms with Gasteiger partial charge < -0.3 is 10.6 Å². The highest BCUT2D eigenvalue weighted by Gasteiger charge is 2.19. The smallest absolute Gasteiger partial charge is 0.220 e. The largest absolute Gasteiger partial charge is 0.352 e. The molecule has 1 saturated heterocycles. The van der Waals surface area contributed by atoms with Crippen LogP contribution in [0.3, 0.4) is 0 Å². The molecule has 80 valence electrons. The highest BCUT2D eigenvalue weighted by molar-refractivity contribution is 5.78. The van der Waals surface area contributed by atoms with Gasteiger partial charge in [0.2, 0.25) is 5.91 Å². The van der Waals surface area contributed by atoms with Gasteiger partial charge in [0.05, 0.1) is 0 Å². The third-order valence-electron chi connectivity index (χ3n) is 2.65. The van der Waals surface area contributed by atoms with Crippen molar-refractivity contribution in [3.63, 3.8) is 0 Å². The second-order valence-corrected chi connectivity index (χ2v) is 3.92. The van der Waals surface area contributed by atoms with Gasteiger partial charge >= 0.3 is 0 Å². The van der Waals surface area contributed by atoms with Gasteiger partial charge in [0.1, 0.15) is 0 Å². The predicted octanol–water partition coefficient (Wildman–Crippen LogP) is 1.05. The standard InChI is InChI=1S/C12H16N2O/c15-12-7-6-11(14-12)9-13-8-10-4-2-1-3-5-10/h1-5,11,13H,6-9H2,(H,14,15)/t11-/m1/s1. The van der Waals surface area contributed by atoms with Crippen LogP contribution in [0.2, 0.25) is 0 Å². The lowest BCUT2D eigenvalue weighted by molar-refractivity contribution is -0.119. The van der Waals surface area contributed by atoms with E-state index in [1.807, 2.05) is 18.2 Å². The van der Waals surface area contributed by atoms with E-state index < -0.39 is 0 Å². The van der Waals surface area contributed by atoms with E-state index in [0.29, 0.717) is 12.5 Å². The topological polar surface area (TPSA) is 41.1 Å². The molecule has 3 nitrogen and oxygen atoms in total. The molecular formula is C12H16N2O. The van der Waals surface area contributed by atoms with Crippen LogP contribution >= 0.6 is 0 Å². The lowest BCUT2D eigenvalue weighted by Gasteiger charge is -2.10. The Bertz CT molecular complexity index is 324. The van der Waals surface area contributed by atoms with Crippen molar-refractivity contribution in [2.45, 2.75) is 25.4 Å². The fraction of sp³-hybridized carbons (Fsp3) is 0.417. The van der Waals surface area contributed by atoms with E-state index in [1.165, 1.54) is 5.56 Å². The molecule has 0 aliphatic carbocycles. The molecule has 0 spiro atoms. The molecule has 15 heavy (non-hydrogen) atoms. The van der Waals surface area contributed by atoms with Crippen LogP contribution in [0.25, 0.3) is 0 Å². The first kappa shape index (κ1) is 10.2. The van der Waals surface area contributed by atoms with Gasteiger partial charge in [-0.05, 0) is 12.0 Å². The van der Waals surface area contributed by atoms with E-state index in [2.05, 4.69) is 22.8 Å². The van der Waals surface area contributed by atoms with Crippen molar-refractivity contribution < 1.29 is 4.79 Å². The van der Waals surface area contributed by atoms with Gasteiger partial charge in [-0.1, -0.05) is 30.3 Å². The molecule has 0 unspecified atom stereocenters. The minimum atomic E-state index is 0.182. The number of benzene rings is 1. The second kappa shape index (κ2) is 4.94. The van der Waals surface area contributed by atoms with Gasteiger partial charge in [-0.3, -0.25) is 4.79 Å². The number of hydrogen-bond donors (Lipinski definition) is 2. The van der Waals surface area contributed by atoms with Crippen molar-refractivity contribution in [1.29, 1.82) is 0 Å². The van der Waals surface area contributed by atoms with Crippen LogP contribution in [0.15, 0.2) is 30.3 Å². The third-order valence-corrected chi connectivity index (χ3v) is 2.65. The fourth-order valence-corrected chi connectivity index (χ4v) is 1.82. The summed E-state index contributed by atoms with van der Waals surface area (Å²) in [5.41, 5.74) is 1.28. The van der Waals surface area contributed by atoms with E-state index in [-0.39, 0.29) is 5.91 Å². The zero-order valence-electron chi connectivity index (χ0n) is 8.70. The average molecular weight is 204 g/mol. The first-order valence-corrected chi connectivity index (χ1v) is 5.38. The zero-order chi connectivity index (χ0) is 10.5. The summed E-state index contributed by atoms with van der Waals surface area (Å²) in [6, 6.07) is 10.6. The molecule has 0 radical (unpaired) electrons. The Labute approximate surface area is 89.9 Å². The zero-order valence-corrected chi connectivity index (χ0v) is 8.70. The summed E-state index contributed by atoms with van der Waals surface area (Å²) in [7, 11) is 0. The first-order chi connectivity index (χ1) is 7.34. The maximum absolute atomic E-state index is 10.9. The van der Waals surface area contributed by atoms with Gasteiger partial charge in [-0.25, -0.2) is 0 Å².